The van der Waals surface area contributed by atoms with Gasteiger partial charge in [0.1, 0.15) is 22.5 Å². The number of rotatable bonds is 2. The number of nitrogens with zero attached hydrogens (tertiary/aromatic N) is 5. The third-order valence-electron chi connectivity index (χ3n) is 7.41. The summed E-state index contributed by atoms with van der Waals surface area (Å²) in [5, 5.41) is 4.60. The minimum atomic E-state index is -3.83. The van der Waals surface area contributed by atoms with Crippen LogP contribution >= 0.6 is 0 Å². The Morgan fingerprint density at radius 2 is 1.97 bits per heavy atom. The highest BCUT2D eigenvalue weighted by Gasteiger charge is 2.39. The van der Waals surface area contributed by atoms with Crippen LogP contribution in [0.25, 0.3) is 10.9 Å². The minimum absolute atomic E-state index is 0.0142. The molecule has 210 valence electrons. The lowest BCUT2D eigenvalue weighted by atomic mass is 10.2. The maximum atomic E-state index is 14.1. The first-order chi connectivity index (χ1) is 18.6. The molecule has 1 aromatic carbocycles. The lowest BCUT2D eigenvalue weighted by Gasteiger charge is -2.33. The second-order valence-electron chi connectivity index (χ2n) is 9.90. The van der Waals surface area contributed by atoms with Gasteiger partial charge in [-0.05, 0) is 39.2 Å². The number of hydrogen-bond donors (Lipinski definition) is 0. The SMILES string of the molecule is CCN1CC(C)n2c(c(OC)c3c(=O)n4nc(c32)N(C)S(=O)(=O)CCCCCOc2cc(F)ccc2C4)C1=O. The largest absolute Gasteiger partial charge is 0.493 e. The lowest BCUT2D eigenvalue weighted by molar-refractivity contribution is 0.0685. The Bertz CT molecular complexity index is 1620. The maximum absolute atomic E-state index is 14.1. The Hall–Kier alpha value is -3.61. The van der Waals surface area contributed by atoms with Crippen LogP contribution in [0.4, 0.5) is 10.2 Å². The van der Waals surface area contributed by atoms with E-state index < -0.39 is 21.4 Å². The van der Waals surface area contributed by atoms with Crippen LogP contribution < -0.4 is 19.3 Å². The second kappa shape index (κ2) is 10.2. The van der Waals surface area contributed by atoms with Gasteiger partial charge in [0, 0.05) is 37.8 Å². The van der Waals surface area contributed by atoms with E-state index in [4.69, 9.17) is 9.47 Å². The number of ether oxygens (including phenoxy) is 2. The zero-order valence-corrected chi connectivity index (χ0v) is 23.3. The summed E-state index contributed by atoms with van der Waals surface area (Å²) in [7, 11) is -1.05. The molecule has 2 aliphatic rings. The summed E-state index contributed by atoms with van der Waals surface area (Å²) in [5.41, 5.74) is 0.348. The van der Waals surface area contributed by atoms with Gasteiger partial charge in [-0.2, -0.15) is 0 Å². The Kier molecular flexibility index (Phi) is 7.04. The first-order valence-corrected chi connectivity index (χ1v) is 14.6. The molecule has 2 aromatic heterocycles. The molecule has 3 aromatic rings. The number of benzene rings is 1. The van der Waals surface area contributed by atoms with Gasteiger partial charge in [-0.15, -0.1) is 5.10 Å². The quantitative estimate of drug-likeness (QED) is 0.473. The number of sulfonamides is 1. The number of carbonyl (C=O) groups is 1. The van der Waals surface area contributed by atoms with Gasteiger partial charge in [0.25, 0.3) is 11.5 Å². The Labute approximate surface area is 225 Å². The van der Waals surface area contributed by atoms with Crippen LogP contribution in [0.1, 0.15) is 55.2 Å². The standard InChI is InChI=1S/C26H32FN5O6S/c1-5-30-14-16(2)32-21-20(23(37-4)22(32)26(30)34)25(33)31-15-17-9-10-18(27)13-19(17)38-11-7-6-8-12-39(35,36)29(3)24(21)28-31/h9-10,13,16H,5-8,11-12,14-15H2,1-4H3. The highest BCUT2D eigenvalue weighted by atomic mass is 32.2. The highest BCUT2D eigenvalue weighted by Crippen LogP contribution is 2.41. The second-order valence-corrected chi connectivity index (χ2v) is 12.0. The molecule has 0 saturated heterocycles. The molecule has 0 radical (unpaired) electrons. The number of fused-ring (bicyclic) bond motifs is 7. The minimum Gasteiger partial charge on any atom is -0.493 e. The van der Waals surface area contributed by atoms with E-state index in [0.29, 0.717) is 37.9 Å². The van der Waals surface area contributed by atoms with E-state index in [1.807, 2.05) is 13.8 Å². The first-order valence-electron chi connectivity index (χ1n) is 13.0. The Morgan fingerprint density at radius 1 is 1.21 bits per heavy atom. The summed E-state index contributed by atoms with van der Waals surface area (Å²) in [5.74, 6) is -0.558. The summed E-state index contributed by atoms with van der Waals surface area (Å²) in [4.78, 5) is 29.1. The fraction of sp³-hybridized carbons (Fsp3) is 0.500. The first kappa shape index (κ1) is 27.0. The van der Waals surface area contributed by atoms with Crippen LogP contribution in [0.3, 0.4) is 0 Å². The normalized spacial score (nSPS) is 19.7. The molecule has 0 aliphatic carbocycles. The molecule has 11 nitrogen and oxygen atoms in total. The highest BCUT2D eigenvalue weighted by molar-refractivity contribution is 7.92. The van der Waals surface area contributed by atoms with Gasteiger partial charge in [0.05, 0.1) is 26.0 Å². The van der Waals surface area contributed by atoms with Crippen molar-refractivity contribution in [3.63, 3.8) is 0 Å². The van der Waals surface area contributed by atoms with Gasteiger partial charge in [-0.25, -0.2) is 17.5 Å². The van der Waals surface area contributed by atoms with Crippen molar-refractivity contribution >= 4 is 32.7 Å². The van der Waals surface area contributed by atoms with Gasteiger partial charge in [0.15, 0.2) is 17.3 Å². The maximum Gasteiger partial charge on any atom is 0.280 e. The molecule has 2 aliphatic heterocycles. The molecule has 0 spiro atoms. The summed E-state index contributed by atoms with van der Waals surface area (Å²) in [6, 6.07) is 3.77. The van der Waals surface area contributed by atoms with Crippen LogP contribution in [-0.2, 0) is 16.6 Å². The van der Waals surface area contributed by atoms with E-state index in [1.165, 1.54) is 32.4 Å². The van der Waals surface area contributed by atoms with Gasteiger partial charge in [-0.1, -0.05) is 6.07 Å². The van der Waals surface area contributed by atoms with Crippen LogP contribution in [-0.4, -0.2) is 73.2 Å². The summed E-state index contributed by atoms with van der Waals surface area (Å²) < 4.78 is 56.4. The van der Waals surface area contributed by atoms with Crippen LogP contribution in [0.15, 0.2) is 23.0 Å². The number of methoxy groups -OCH3 is 1. The van der Waals surface area contributed by atoms with Gasteiger partial charge < -0.3 is 18.9 Å². The monoisotopic (exact) mass is 561 g/mol. The van der Waals surface area contributed by atoms with Crippen molar-refractivity contribution in [3.05, 3.63) is 45.6 Å². The fourth-order valence-electron chi connectivity index (χ4n) is 5.36. The third kappa shape index (κ3) is 4.52. The number of carbonyl (C=O) groups excluding carboxylic acids is 1. The van der Waals surface area contributed by atoms with Crippen LogP contribution in [0.2, 0.25) is 0 Å². The Balaban J connectivity index is 1.86. The van der Waals surface area contributed by atoms with Crippen molar-refractivity contribution in [1.82, 2.24) is 19.2 Å². The van der Waals surface area contributed by atoms with Crippen molar-refractivity contribution in [1.29, 1.82) is 0 Å². The molecule has 1 unspecified atom stereocenters. The summed E-state index contributed by atoms with van der Waals surface area (Å²) in [6.07, 6.45) is 1.55. The average molecular weight is 562 g/mol. The van der Waals surface area contributed by atoms with E-state index in [0.717, 1.165) is 8.99 Å². The molecule has 2 bridgehead atoms. The molecule has 39 heavy (non-hydrogen) atoms. The van der Waals surface area contributed by atoms with Crippen molar-refractivity contribution < 1.29 is 27.1 Å². The number of amides is 1. The van der Waals surface area contributed by atoms with E-state index in [-0.39, 0.29) is 64.8 Å². The summed E-state index contributed by atoms with van der Waals surface area (Å²) >= 11 is 0. The predicted molar refractivity (Wildman–Crippen MR) is 144 cm³/mol. The van der Waals surface area contributed by atoms with E-state index in [1.54, 1.807) is 9.47 Å². The van der Waals surface area contributed by atoms with Gasteiger partial charge in [-0.3, -0.25) is 13.9 Å². The summed E-state index contributed by atoms with van der Waals surface area (Å²) in [6.45, 7) is 4.77. The number of halogens is 1. The van der Waals surface area contributed by atoms with Gasteiger partial charge >= 0.3 is 0 Å². The molecule has 1 amide bonds. The van der Waals surface area contributed by atoms with Crippen LogP contribution in [0, 0.1) is 5.82 Å². The number of anilines is 1. The van der Waals surface area contributed by atoms with Crippen molar-refractivity contribution in [2.45, 2.75) is 45.7 Å². The molecular formula is C26H32FN5O6S. The zero-order chi connectivity index (χ0) is 28.1. The molecule has 5 rings (SSSR count). The lowest BCUT2D eigenvalue weighted by Crippen LogP contribution is -2.42. The fourth-order valence-corrected chi connectivity index (χ4v) is 6.58. The smallest absolute Gasteiger partial charge is 0.280 e. The van der Waals surface area contributed by atoms with Crippen molar-refractivity contribution in [2.24, 2.45) is 0 Å². The topological polar surface area (TPSA) is 116 Å². The molecule has 13 heteroatoms. The zero-order valence-electron chi connectivity index (χ0n) is 22.4. The molecule has 0 fully saturated rings. The van der Waals surface area contributed by atoms with Crippen LogP contribution in [0.5, 0.6) is 11.5 Å². The van der Waals surface area contributed by atoms with E-state index in [2.05, 4.69) is 5.10 Å². The third-order valence-corrected chi connectivity index (χ3v) is 9.22. The average Bonchev–Trinajstić information content (AvgIpc) is 3.26. The van der Waals surface area contributed by atoms with Gasteiger partial charge in [0.2, 0.25) is 10.0 Å². The predicted octanol–water partition coefficient (Wildman–Crippen LogP) is 2.76. The van der Waals surface area contributed by atoms with Crippen molar-refractivity contribution in [3.8, 4) is 11.5 Å². The van der Waals surface area contributed by atoms with E-state index in [9.17, 15) is 22.4 Å². The number of hydrogen-bond acceptors (Lipinski definition) is 7. The molecule has 0 saturated carbocycles. The number of aromatic nitrogens is 3. The molecule has 0 N–H and O–H groups in total. The van der Waals surface area contributed by atoms with E-state index >= 15 is 0 Å². The molecular weight excluding hydrogens is 529 g/mol. The Morgan fingerprint density at radius 3 is 2.69 bits per heavy atom. The number of likely N-dealkylation sites (N-methyl/N-ethyl adjacent to an activating group) is 1. The van der Waals surface area contributed by atoms with Crippen molar-refractivity contribution in [2.75, 3.05) is 43.9 Å². The molecule has 4 heterocycles. The molecule has 1 atom stereocenters.